The summed E-state index contributed by atoms with van der Waals surface area (Å²) < 4.78 is 41.7. The van der Waals surface area contributed by atoms with Gasteiger partial charge in [-0.3, -0.25) is 4.79 Å². The van der Waals surface area contributed by atoms with Crippen molar-refractivity contribution in [2.75, 3.05) is 37.4 Å². The lowest BCUT2D eigenvalue weighted by Gasteiger charge is -2.26. The lowest BCUT2D eigenvalue weighted by molar-refractivity contribution is 0.102. The first-order chi connectivity index (χ1) is 13.7. The fraction of sp³-hybridized carbons (Fsp3) is 0.381. The molecule has 3 rings (SSSR count). The average molecular weight is 420 g/mol. The van der Waals surface area contributed by atoms with Crippen LogP contribution < -0.4 is 10.2 Å². The van der Waals surface area contributed by atoms with E-state index in [1.165, 1.54) is 28.6 Å². The number of piperidine rings is 1. The van der Waals surface area contributed by atoms with E-state index in [0.29, 0.717) is 30.0 Å². The first kappa shape index (κ1) is 21.3. The highest BCUT2D eigenvalue weighted by atomic mass is 32.2. The number of hydrogen-bond acceptors (Lipinski definition) is 4. The first-order valence-electron chi connectivity index (χ1n) is 9.59. The number of nitrogens with one attached hydrogen (secondary N) is 1. The Hall–Kier alpha value is -2.45. The standard InChI is InChI=1S/C21H26FN3O3S/c1-15-7-9-17(14-20(15)29(27,28)25-11-5-4-6-12-25)23-21(26)16-8-10-19(24(2)3)18(22)13-16/h7-10,13-14H,4-6,11-12H2,1-3H3,(H,23,26). The third-order valence-electron chi connectivity index (χ3n) is 5.07. The summed E-state index contributed by atoms with van der Waals surface area (Å²) >= 11 is 0. The second-order valence-electron chi connectivity index (χ2n) is 7.46. The molecule has 0 aromatic heterocycles. The Labute approximate surface area is 171 Å². The quantitative estimate of drug-likeness (QED) is 0.804. The molecule has 2 aromatic rings. The maximum Gasteiger partial charge on any atom is 0.255 e. The third kappa shape index (κ3) is 4.59. The Kier molecular flexibility index (Phi) is 6.24. The summed E-state index contributed by atoms with van der Waals surface area (Å²) in [4.78, 5) is 14.3. The molecule has 8 heteroatoms. The van der Waals surface area contributed by atoms with Crippen molar-refractivity contribution in [3.05, 3.63) is 53.3 Å². The number of nitrogens with zero attached hydrogens (tertiary/aromatic N) is 2. The summed E-state index contributed by atoms with van der Waals surface area (Å²) in [6.45, 7) is 2.75. The number of carbonyl (C=O) groups excluding carboxylic acids is 1. The van der Waals surface area contributed by atoms with Crippen molar-refractivity contribution < 1.29 is 17.6 Å². The number of aryl methyl sites for hydroxylation is 1. The number of anilines is 2. The molecule has 1 aliphatic heterocycles. The highest BCUT2D eigenvalue weighted by Crippen LogP contribution is 2.26. The van der Waals surface area contributed by atoms with E-state index >= 15 is 0 Å². The highest BCUT2D eigenvalue weighted by molar-refractivity contribution is 7.89. The van der Waals surface area contributed by atoms with Crippen LogP contribution in [0.15, 0.2) is 41.3 Å². The lowest BCUT2D eigenvalue weighted by atomic mass is 10.1. The molecule has 0 bridgehead atoms. The van der Waals surface area contributed by atoms with Crippen molar-refractivity contribution in [1.29, 1.82) is 0 Å². The van der Waals surface area contributed by atoms with Gasteiger partial charge in [0.1, 0.15) is 5.82 Å². The van der Waals surface area contributed by atoms with Crippen molar-refractivity contribution in [2.24, 2.45) is 0 Å². The van der Waals surface area contributed by atoms with E-state index in [1.54, 1.807) is 38.1 Å². The molecule has 6 nitrogen and oxygen atoms in total. The van der Waals surface area contributed by atoms with Gasteiger partial charge in [-0.2, -0.15) is 4.31 Å². The Balaban J connectivity index is 1.84. The topological polar surface area (TPSA) is 69.7 Å². The number of rotatable bonds is 5. The molecule has 0 unspecified atom stereocenters. The molecule has 0 saturated carbocycles. The van der Waals surface area contributed by atoms with E-state index in [-0.39, 0.29) is 10.5 Å². The number of amides is 1. The van der Waals surface area contributed by atoms with Crippen LogP contribution in [-0.2, 0) is 10.0 Å². The molecular formula is C21H26FN3O3S. The predicted octanol–water partition coefficient (Wildman–Crippen LogP) is 3.63. The second kappa shape index (κ2) is 8.51. The monoisotopic (exact) mass is 419 g/mol. The van der Waals surface area contributed by atoms with Crippen LogP contribution in [0.4, 0.5) is 15.8 Å². The van der Waals surface area contributed by atoms with E-state index in [1.807, 2.05) is 0 Å². The number of sulfonamides is 1. The van der Waals surface area contributed by atoms with Gasteiger partial charge in [0.2, 0.25) is 10.0 Å². The minimum atomic E-state index is -3.62. The van der Waals surface area contributed by atoms with Gasteiger partial charge < -0.3 is 10.2 Å². The SMILES string of the molecule is Cc1ccc(NC(=O)c2ccc(N(C)C)c(F)c2)cc1S(=O)(=O)N1CCCCC1. The Morgan fingerprint density at radius 1 is 1.07 bits per heavy atom. The van der Waals surface area contributed by atoms with Crippen LogP contribution in [0.25, 0.3) is 0 Å². The van der Waals surface area contributed by atoms with Gasteiger partial charge in [0.25, 0.3) is 5.91 Å². The van der Waals surface area contributed by atoms with Crippen LogP contribution in [0.2, 0.25) is 0 Å². The van der Waals surface area contributed by atoms with Crippen molar-refractivity contribution >= 4 is 27.3 Å². The molecular weight excluding hydrogens is 393 g/mol. The number of halogens is 1. The lowest BCUT2D eigenvalue weighted by Crippen LogP contribution is -2.36. The largest absolute Gasteiger partial charge is 0.375 e. The van der Waals surface area contributed by atoms with Crippen molar-refractivity contribution in [3.63, 3.8) is 0 Å². The predicted molar refractivity (Wildman–Crippen MR) is 112 cm³/mol. The number of hydrogen-bond donors (Lipinski definition) is 1. The van der Waals surface area contributed by atoms with Gasteiger partial charge in [-0.1, -0.05) is 12.5 Å². The molecule has 156 valence electrons. The molecule has 29 heavy (non-hydrogen) atoms. The first-order valence-corrected chi connectivity index (χ1v) is 11.0. The summed E-state index contributed by atoms with van der Waals surface area (Å²) in [5.74, 6) is -1.00. The summed E-state index contributed by atoms with van der Waals surface area (Å²) in [6, 6.07) is 9.03. The third-order valence-corrected chi connectivity index (χ3v) is 7.11. The number of carbonyl (C=O) groups is 1. The van der Waals surface area contributed by atoms with E-state index in [9.17, 15) is 17.6 Å². The van der Waals surface area contributed by atoms with E-state index in [4.69, 9.17) is 0 Å². The van der Waals surface area contributed by atoms with Crippen LogP contribution >= 0.6 is 0 Å². The van der Waals surface area contributed by atoms with Crippen molar-refractivity contribution in [3.8, 4) is 0 Å². The molecule has 1 fully saturated rings. The highest BCUT2D eigenvalue weighted by Gasteiger charge is 2.27. The second-order valence-corrected chi connectivity index (χ2v) is 9.37. The molecule has 1 saturated heterocycles. The minimum absolute atomic E-state index is 0.161. The van der Waals surface area contributed by atoms with Gasteiger partial charge >= 0.3 is 0 Å². The van der Waals surface area contributed by atoms with Crippen LogP contribution in [0.1, 0.15) is 35.2 Å². The van der Waals surface area contributed by atoms with Gasteiger partial charge in [0.05, 0.1) is 10.6 Å². The van der Waals surface area contributed by atoms with Gasteiger partial charge in [0.15, 0.2) is 0 Å². The van der Waals surface area contributed by atoms with Crippen molar-refractivity contribution in [2.45, 2.75) is 31.1 Å². The zero-order chi connectivity index (χ0) is 21.2. The Morgan fingerprint density at radius 3 is 2.38 bits per heavy atom. The molecule has 0 spiro atoms. The van der Waals surface area contributed by atoms with Crippen LogP contribution in [0.3, 0.4) is 0 Å². The maximum atomic E-state index is 14.2. The zero-order valence-electron chi connectivity index (χ0n) is 16.9. The molecule has 1 heterocycles. The molecule has 1 N–H and O–H groups in total. The fourth-order valence-corrected chi connectivity index (χ4v) is 5.18. The smallest absolute Gasteiger partial charge is 0.255 e. The van der Waals surface area contributed by atoms with E-state index < -0.39 is 21.7 Å². The molecule has 1 amide bonds. The summed E-state index contributed by atoms with van der Waals surface area (Å²) in [7, 11) is -0.187. The van der Waals surface area contributed by atoms with E-state index in [0.717, 1.165) is 19.3 Å². The van der Waals surface area contributed by atoms with Crippen molar-refractivity contribution in [1.82, 2.24) is 4.31 Å². The summed E-state index contributed by atoms with van der Waals surface area (Å²) in [5.41, 5.74) is 1.52. The molecule has 0 aliphatic carbocycles. The maximum absolute atomic E-state index is 14.2. The molecule has 1 aliphatic rings. The molecule has 0 atom stereocenters. The van der Waals surface area contributed by atoms with Crippen LogP contribution in [-0.4, -0.2) is 45.8 Å². The van der Waals surface area contributed by atoms with Gasteiger partial charge in [-0.25, -0.2) is 12.8 Å². The molecule has 0 radical (unpaired) electrons. The Morgan fingerprint density at radius 2 is 1.76 bits per heavy atom. The van der Waals surface area contributed by atoms with Gasteiger partial charge in [0, 0.05) is 38.4 Å². The summed E-state index contributed by atoms with van der Waals surface area (Å²) in [5, 5.41) is 2.67. The zero-order valence-corrected chi connectivity index (χ0v) is 17.7. The number of benzene rings is 2. The van der Waals surface area contributed by atoms with Gasteiger partial charge in [-0.05, 0) is 55.7 Å². The molecule has 2 aromatic carbocycles. The van der Waals surface area contributed by atoms with Crippen LogP contribution in [0.5, 0.6) is 0 Å². The van der Waals surface area contributed by atoms with Gasteiger partial charge in [-0.15, -0.1) is 0 Å². The fourth-order valence-electron chi connectivity index (χ4n) is 3.41. The van der Waals surface area contributed by atoms with Crippen LogP contribution in [0, 0.1) is 12.7 Å². The average Bonchev–Trinajstić information content (AvgIpc) is 2.69. The van der Waals surface area contributed by atoms with E-state index in [2.05, 4.69) is 5.32 Å². The minimum Gasteiger partial charge on any atom is -0.375 e. The Bertz CT molecular complexity index is 1020. The summed E-state index contributed by atoms with van der Waals surface area (Å²) in [6.07, 6.45) is 2.73. The normalized spacial score (nSPS) is 15.2.